The predicted octanol–water partition coefficient (Wildman–Crippen LogP) is 1.50. The van der Waals surface area contributed by atoms with Gasteiger partial charge >= 0.3 is 0 Å². The third-order valence-electron chi connectivity index (χ3n) is 5.55. The zero-order valence-corrected chi connectivity index (χ0v) is 15.8. The van der Waals surface area contributed by atoms with Crippen LogP contribution in [0.1, 0.15) is 45.5 Å². The lowest BCUT2D eigenvalue weighted by Gasteiger charge is -2.35. The Bertz CT molecular complexity index is 977. The van der Waals surface area contributed by atoms with Gasteiger partial charge in [0.25, 0.3) is 0 Å². The number of pyridine rings is 1. The molecular weight excluding hydrogens is 344 g/mol. The average Bonchev–Trinajstić information content (AvgIpc) is 3.27. The number of hydrogen-bond acceptors (Lipinski definition) is 6. The quantitative estimate of drug-likeness (QED) is 0.645. The molecule has 27 heavy (non-hydrogen) atoms. The summed E-state index contributed by atoms with van der Waals surface area (Å²) in [6.07, 6.45) is 6.12. The minimum absolute atomic E-state index is 0.0619. The minimum Gasteiger partial charge on any atom is -0.506 e. The molecule has 4 rings (SSSR count). The molecule has 1 unspecified atom stereocenters. The number of nitrogens with zero attached hydrogens (tertiary/aromatic N) is 5. The first-order valence-corrected chi connectivity index (χ1v) is 9.03. The molecule has 0 aromatic carbocycles. The number of rotatable bonds is 4. The number of aliphatic hydroxyl groups is 1. The molecule has 0 radical (unpaired) electrons. The summed E-state index contributed by atoms with van der Waals surface area (Å²) in [5, 5.41) is 24.7. The molecule has 8 heteroatoms. The Morgan fingerprint density at radius 1 is 1.26 bits per heavy atom. The molecule has 142 valence electrons. The third-order valence-corrected chi connectivity index (χ3v) is 5.55. The van der Waals surface area contributed by atoms with Crippen molar-refractivity contribution in [1.82, 2.24) is 29.6 Å². The van der Waals surface area contributed by atoms with E-state index in [1.807, 2.05) is 17.9 Å². The van der Waals surface area contributed by atoms with E-state index >= 15 is 0 Å². The number of aromatic amines is 1. The van der Waals surface area contributed by atoms with Crippen LogP contribution in [0, 0.1) is 13.8 Å². The number of H-pyrrole nitrogens is 1. The fourth-order valence-corrected chi connectivity index (χ4v) is 3.82. The van der Waals surface area contributed by atoms with E-state index in [-0.39, 0.29) is 18.4 Å². The summed E-state index contributed by atoms with van der Waals surface area (Å²) in [4.78, 5) is 14.3. The number of nitrogens with one attached hydrogen (secondary N) is 1. The van der Waals surface area contributed by atoms with Gasteiger partial charge in [-0.25, -0.2) is 4.98 Å². The van der Waals surface area contributed by atoms with E-state index < -0.39 is 0 Å². The summed E-state index contributed by atoms with van der Waals surface area (Å²) in [6, 6.07) is -0.0619. The van der Waals surface area contributed by atoms with Gasteiger partial charge in [0, 0.05) is 60.8 Å². The van der Waals surface area contributed by atoms with Crippen LogP contribution in [-0.4, -0.2) is 46.4 Å². The molecular formula is C19H24N6O2. The summed E-state index contributed by atoms with van der Waals surface area (Å²) >= 11 is 0. The summed E-state index contributed by atoms with van der Waals surface area (Å²) in [7, 11) is 1.93. The largest absolute Gasteiger partial charge is 0.506 e. The molecule has 0 amide bonds. The zero-order chi connectivity index (χ0) is 19.1. The van der Waals surface area contributed by atoms with Crippen molar-refractivity contribution in [3.63, 3.8) is 0 Å². The summed E-state index contributed by atoms with van der Waals surface area (Å²) in [5.41, 5.74) is 6.24. The number of aromatic nitrogens is 5. The minimum atomic E-state index is -0.158. The van der Waals surface area contributed by atoms with Gasteiger partial charge in [-0.05, 0) is 13.8 Å². The topological polar surface area (TPSA) is 103 Å². The lowest BCUT2D eigenvalue weighted by Crippen LogP contribution is -2.36. The van der Waals surface area contributed by atoms with Crippen LogP contribution in [-0.2, 0) is 26.6 Å². The van der Waals surface area contributed by atoms with E-state index in [0.29, 0.717) is 17.8 Å². The first kappa shape index (κ1) is 17.7. The third kappa shape index (κ3) is 2.90. The van der Waals surface area contributed by atoms with E-state index in [4.69, 9.17) is 0 Å². The molecule has 1 aliphatic heterocycles. The van der Waals surface area contributed by atoms with Crippen molar-refractivity contribution in [1.29, 1.82) is 0 Å². The maximum Gasteiger partial charge on any atom is 0.141 e. The molecule has 3 aromatic rings. The number of imidazole rings is 1. The predicted molar refractivity (Wildman–Crippen MR) is 99.1 cm³/mol. The van der Waals surface area contributed by atoms with E-state index in [9.17, 15) is 10.2 Å². The van der Waals surface area contributed by atoms with E-state index in [2.05, 4.69) is 31.9 Å². The Morgan fingerprint density at radius 2 is 2.07 bits per heavy atom. The molecule has 0 bridgehead atoms. The fourth-order valence-electron chi connectivity index (χ4n) is 3.82. The molecule has 3 N–H and O–H groups in total. The van der Waals surface area contributed by atoms with Gasteiger partial charge in [0.1, 0.15) is 5.75 Å². The Balaban J connectivity index is 1.78. The maximum absolute atomic E-state index is 10.6. The van der Waals surface area contributed by atoms with Gasteiger partial charge in [-0.15, -0.1) is 0 Å². The molecule has 8 nitrogen and oxygen atoms in total. The summed E-state index contributed by atoms with van der Waals surface area (Å²) < 4.78 is 1.86. The van der Waals surface area contributed by atoms with Crippen LogP contribution in [0.15, 0.2) is 18.7 Å². The highest BCUT2D eigenvalue weighted by atomic mass is 16.3. The van der Waals surface area contributed by atoms with Gasteiger partial charge in [0.2, 0.25) is 0 Å². The first-order valence-electron chi connectivity index (χ1n) is 9.03. The SMILES string of the molecule is Cc1ncc(CO)c(CN2CCc3[nH]cnc3C2c2cnn(C)c2C)c1O. The number of fused-ring (bicyclic) bond motifs is 1. The van der Waals surface area contributed by atoms with E-state index in [1.54, 1.807) is 19.4 Å². The van der Waals surface area contributed by atoms with Crippen molar-refractivity contribution < 1.29 is 10.2 Å². The zero-order valence-electron chi connectivity index (χ0n) is 15.8. The second-order valence-electron chi connectivity index (χ2n) is 7.05. The van der Waals surface area contributed by atoms with Crippen LogP contribution in [0.5, 0.6) is 5.75 Å². The second kappa shape index (κ2) is 6.79. The van der Waals surface area contributed by atoms with Gasteiger partial charge in [0.15, 0.2) is 0 Å². The lowest BCUT2D eigenvalue weighted by atomic mass is 9.95. The van der Waals surface area contributed by atoms with Crippen molar-refractivity contribution in [3.05, 3.63) is 58.2 Å². The van der Waals surface area contributed by atoms with Crippen molar-refractivity contribution in [2.24, 2.45) is 7.05 Å². The second-order valence-corrected chi connectivity index (χ2v) is 7.05. The summed E-state index contributed by atoms with van der Waals surface area (Å²) in [6.45, 7) is 4.96. The Morgan fingerprint density at radius 3 is 2.78 bits per heavy atom. The van der Waals surface area contributed by atoms with Gasteiger partial charge in [-0.1, -0.05) is 0 Å². The highest BCUT2D eigenvalue weighted by molar-refractivity contribution is 5.41. The highest BCUT2D eigenvalue weighted by Crippen LogP contribution is 2.37. The van der Waals surface area contributed by atoms with Crippen LogP contribution >= 0.6 is 0 Å². The molecule has 0 aliphatic carbocycles. The monoisotopic (exact) mass is 368 g/mol. The van der Waals surface area contributed by atoms with Gasteiger partial charge in [-0.3, -0.25) is 14.6 Å². The van der Waals surface area contributed by atoms with E-state index in [1.165, 1.54) is 0 Å². The molecule has 1 atom stereocenters. The Kier molecular flexibility index (Phi) is 4.45. The van der Waals surface area contributed by atoms with Crippen LogP contribution in [0.3, 0.4) is 0 Å². The van der Waals surface area contributed by atoms with Crippen LogP contribution < -0.4 is 0 Å². The standard InChI is InChI=1S/C19H24N6O2/c1-11-19(27)15(13(9-26)6-20-11)8-25-5-4-16-17(22-10-21-16)18(25)14-7-23-24(3)12(14)2/h6-7,10,18,26-27H,4-5,8-9H2,1-3H3,(H,21,22). The van der Waals surface area contributed by atoms with Crippen LogP contribution in [0.2, 0.25) is 0 Å². The summed E-state index contributed by atoms with van der Waals surface area (Å²) in [5.74, 6) is 0.149. The molecule has 0 spiro atoms. The van der Waals surface area contributed by atoms with Gasteiger partial charge in [-0.2, -0.15) is 5.10 Å². The molecule has 0 saturated carbocycles. The fraction of sp³-hybridized carbons (Fsp3) is 0.421. The van der Waals surface area contributed by atoms with Crippen LogP contribution in [0.4, 0.5) is 0 Å². The van der Waals surface area contributed by atoms with Crippen molar-refractivity contribution in [2.45, 2.75) is 39.5 Å². The van der Waals surface area contributed by atoms with Crippen molar-refractivity contribution in [2.75, 3.05) is 6.54 Å². The maximum atomic E-state index is 10.6. The highest BCUT2D eigenvalue weighted by Gasteiger charge is 2.34. The first-order chi connectivity index (χ1) is 13.0. The number of aromatic hydroxyl groups is 1. The Labute approximate surface area is 157 Å². The van der Waals surface area contributed by atoms with Gasteiger partial charge < -0.3 is 15.2 Å². The number of hydrogen-bond donors (Lipinski definition) is 3. The van der Waals surface area contributed by atoms with Crippen molar-refractivity contribution >= 4 is 0 Å². The van der Waals surface area contributed by atoms with E-state index in [0.717, 1.165) is 41.2 Å². The molecule has 4 heterocycles. The Hall–Kier alpha value is -2.71. The van der Waals surface area contributed by atoms with Crippen LogP contribution in [0.25, 0.3) is 0 Å². The molecule has 3 aromatic heterocycles. The number of aliphatic hydroxyl groups excluding tert-OH is 1. The normalized spacial score (nSPS) is 17.3. The number of aryl methyl sites for hydroxylation is 2. The molecule has 0 saturated heterocycles. The smallest absolute Gasteiger partial charge is 0.141 e. The van der Waals surface area contributed by atoms with Gasteiger partial charge in [0.05, 0.1) is 36.6 Å². The average molecular weight is 368 g/mol. The van der Waals surface area contributed by atoms with Crippen molar-refractivity contribution in [3.8, 4) is 5.75 Å². The molecule has 0 fully saturated rings. The lowest BCUT2D eigenvalue weighted by molar-refractivity contribution is 0.194. The molecule has 1 aliphatic rings.